The van der Waals surface area contributed by atoms with E-state index in [1.807, 2.05) is 0 Å². The molecular formula is C12H18O5S. The maximum atomic E-state index is 11.4. The van der Waals surface area contributed by atoms with Gasteiger partial charge in [0.1, 0.15) is 6.61 Å². The molecule has 18 heavy (non-hydrogen) atoms. The summed E-state index contributed by atoms with van der Waals surface area (Å²) in [7, 11) is 0. The second-order valence-corrected chi connectivity index (χ2v) is 5.03. The maximum absolute atomic E-state index is 11.4. The zero-order chi connectivity index (χ0) is 13.4. The van der Waals surface area contributed by atoms with Gasteiger partial charge in [-0.15, -0.1) is 0 Å². The van der Waals surface area contributed by atoms with Gasteiger partial charge in [0.05, 0.1) is 18.8 Å². The smallest absolute Gasteiger partial charge is 0.333 e. The first-order chi connectivity index (χ1) is 8.59. The minimum absolute atomic E-state index is 0.00435. The summed E-state index contributed by atoms with van der Waals surface area (Å²) in [5, 5.41) is 0. The van der Waals surface area contributed by atoms with Crippen molar-refractivity contribution in [1.82, 2.24) is 0 Å². The van der Waals surface area contributed by atoms with Gasteiger partial charge in [-0.05, 0) is 19.1 Å². The molecule has 0 aromatic rings. The Bertz CT molecular complexity index is 308. The molecule has 0 aromatic heterocycles. The van der Waals surface area contributed by atoms with Gasteiger partial charge in [0.2, 0.25) is 6.29 Å². The quantitative estimate of drug-likeness (QED) is 0.559. The van der Waals surface area contributed by atoms with Crippen molar-refractivity contribution in [1.29, 1.82) is 0 Å². The molecule has 1 rings (SSSR count). The largest absolute Gasteiger partial charge is 0.462 e. The average molecular weight is 274 g/mol. The van der Waals surface area contributed by atoms with Crippen molar-refractivity contribution in [3.8, 4) is 0 Å². The zero-order valence-electron chi connectivity index (χ0n) is 10.5. The summed E-state index contributed by atoms with van der Waals surface area (Å²) in [6, 6.07) is 0. The molecule has 5 nitrogen and oxygen atoms in total. The summed E-state index contributed by atoms with van der Waals surface area (Å²) in [5.74, 6) is 0.753. The van der Waals surface area contributed by atoms with Crippen LogP contribution < -0.4 is 0 Å². The predicted octanol–water partition coefficient (Wildman–Crippen LogP) is 1.52. The highest BCUT2D eigenvalue weighted by atomic mass is 32.2. The van der Waals surface area contributed by atoms with E-state index in [0.29, 0.717) is 17.9 Å². The number of rotatable bonds is 5. The van der Waals surface area contributed by atoms with Crippen molar-refractivity contribution in [2.45, 2.75) is 26.1 Å². The molecule has 1 aliphatic rings. The van der Waals surface area contributed by atoms with E-state index in [1.54, 1.807) is 18.7 Å². The van der Waals surface area contributed by atoms with Gasteiger partial charge in [0, 0.05) is 5.57 Å². The van der Waals surface area contributed by atoms with Crippen LogP contribution in [0.4, 0.5) is 0 Å². The van der Waals surface area contributed by atoms with Crippen LogP contribution in [-0.4, -0.2) is 42.9 Å². The van der Waals surface area contributed by atoms with E-state index in [0.717, 1.165) is 12.2 Å². The summed E-state index contributed by atoms with van der Waals surface area (Å²) >= 11 is 1.70. The molecule has 0 spiro atoms. The summed E-state index contributed by atoms with van der Waals surface area (Å²) in [5.41, 5.74) is 0.312. The molecule has 0 aromatic carbocycles. The zero-order valence-corrected chi connectivity index (χ0v) is 11.3. The number of ether oxygens (including phenoxy) is 3. The van der Waals surface area contributed by atoms with Gasteiger partial charge in [-0.2, -0.15) is 11.8 Å². The lowest BCUT2D eigenvalue weighted by molar-refractivity contribution is -0.174. The number of hydrogen-bond acceptors (Lipinski definition) is 6. The van der Waals surface area contributed by atoms with E-state index in [1.165, 1.54) is 0 Å². The second kappa shape index (κ2) is 8.16. The Morgan fingerprint density at radius 3 is 3.00 bits per heavy atom. The van der Waals surface area contributed by atoms with E-state index in [2.05, 4.69) is 6.58 Å². The van der Waals surface area contributed by atoms with Crippen molar-refractivity contribution >= 4 is 23.7 Å². The molecular weight excluding hydrogens is 256 g/mol. The van der Waals surface area contributed by atoms with E-state index < -0.39 is 18.2 Å². The van der Waals surface area contributed by atoms with Crippen molar-refractivity contribution in [3.05, 3.63) is 12.2 Å². The standard InChI is InChI=1S/C12H18O5S/c1-9(2)12(14)16-6-4-10(13)17-11-8-18-7-3-5-15-11/h11H,1,3-8H2,2H3. The third-order valence-corrected chi connectivity index (χ3v) is 3.23. The fourth-order valence-corrected chi connectivity index (χ4v) is 2.07. The van der Waals surface area contributed by atoms with E-state index in [-0.39, 0.29) is 13.0 Å². The molecule has 0 N–H and O–H groups in total. The first-order valence-electron chi connectivity index (χ1n) is 5.81. The lowest BCUT2D eigenvalue weighted by Gasteiger charge is -2.15. The monoisotopic (exact) mass is 274 g/mol. The van der Waals surface area contributed by atoms with Crippen LogP contribution in [-0.2, 0) is 23.8 Å². The van der Waals surface area contributed by atoms with Crippen LogP contribution in [0.2, 0.25) is 0 Å². The lowest BCUT2D eigenvalue weighted by atomic mass is 10.4. The van der Waals surface area contributed by atoms with Crippen LogP contribution in [0.5, 0.6) is 0 Å². The minimum Gasteiger partial charge on any atom is -0.462 e. The van der Waals surface area contributed by atoms with E-state index >= 15 is 0 Å². The van der Waals surface area contributed by atoms with Gasteiger partial charge in [0.25, 0.3) is 0 Å². The number of hydrogen-bond donors (Lipinski definition) is 0. The van der Waals surface area contributed by atoms with Crippen LogP contribution in [0.1, 0.15) is 19.8 Å². The number of thioether (sulfide) groups is 1. The maximum Gasteiger partial charge on any atom is 0.333 e. The van der Waals surface area contributed by atoms with Gasteiger partial charge in [0.15, 0.2) is 0 Å². The minimum atomic E-state index is -0.496. The fraction of sp³-hybridized carbons (Fsp3) is 0.667. The first kappa shape index (κ1) is 15.0. The van der Waals surface area contributed by atoms with Gasteiger partial charge in [-0.1, -0.05) is 6.58 Å². The Morgan fingerprint density at radius 1 is 1.50 bits per heavy atom. The molecule has 0 saturated carbocycles. The fourth-order valence-electron chi connectivity index (χ4n) is 1.23. The Morgan fingerprint density at radius 2 is 2.28 bits per heavy atom. The Labute approximate surface area is 111 Å². The highest BCUT2D eigenvalue weighted by molar-refractivity contribution is 7.99. The highest BCUT2D eigenvalue weighted by Gasteiger charge is 2.17. The summed E-state index contributed by atoms with van der Waals surface area (Å²) in [6.45, 7) is 5.61. The highest BCUT2D eigenvalue weighted by Crippen LogP contribution is 2.14. The van der Waals surface area contributed by atoms with Crippen LogP contribution >= 0.6 is 11.8 Å². The van der Waals surface area contributed by atoms with Gasteiger partial charge in [-0.3, -0.25) is 4.79 Å². The summed E-state index contributed by atoms with van der Waals surface area (Å²) in [4.78, 5) is 22.5. The number of carbonyl (C=O) groups excluding carboxylic acids is 2. The Hall–Kier alpha value is -1.01. The molecule has 1 saturated heterocycles. The Balaban J connectivity index is 2.16. The third kappa shape index (κ3) is 6.07. The molecule has 6 heteroatoms. The van der Waals surface area contributed by atoms with Crippen molar-refractivity contribution in [2.24, 2.45) is 0 Å². The number of esters is 2. The lowest BCUT2D eigenvalue weighted by Crippen LogP contribution is -2.24. The molecule has 0 radical (unpaired) electrons. The molecule has 1 heterocycles. The van der Waals surface area contributed by atoms with Crippen LogP contribution in [0.15, 0.2) is 12.2 Å². The molecule has 1 unspecified atom stereocenters. The third-order valence-electron chi connectivity index (χ3n) is 2.14. The van der Waals surface area contributed by atoms with Gasteiger partial charge < -0.3 is 14.2 Å². The predicted molar refractivity (Wildman–Crippen MR) is 68.2 cm³/mol. The number of carbonyl (C=O) groups is 2. The molecule has 1 atom stereocenters. The Kier molecular flexibility index (Phi) is 6.82. The summed E-state index contributed by atoms with van der Waals surface area (Å²) < 4.78 is 15.3. The molecule has 0 amide bonds. The van der Waals surface area contributed by atoms with Crippen molar-refractivity contribution in [3.63, 3.8) is 0 Å². The van der Waals surface area contributed by atoms with Crippen molar-refractivity contribution in [2.75, 3.05) is 24.7 Å². The second-order valence-electron chi connectivity index (χ2n) is 3.88. The van der Waals surface area contributed by atoms with Crippen LogP contribution in [0, 0.1) is 0 Å². The molecule has 1 fully saturated rings. The van der Waals surface area contributed by atoms with Gasteiger partial charge in [-0.25, -0.2) is 4.79 Å². The van der Waals surface area contributed by atoms with Gasteiger partial charge >= 0.3 is 11.9 Å². The normalized spacial score (nSPS) is 19.7. The molecule has 0 aliphatic carbocycles. The van der Waals surface area contributed by atoms with Crippen molar-refractivity contribution < 1.29 is 23.8 Å². The average Bonchev–Trinajstić information content (AvgIpc) is 2.57. The molecule has 1 aliphatic heterocycles. The van der Waals surface area contributed by atoms with E-state index in [9.17, 15) is 9.59 Å². The molecule has 102 valence electrons. The first-order valence-corrected chi connectivity index (χ1v) is 6.96. The topological polar surface area (TPSA) is 61.8 Å². The SMILES string of the molecule is C=C(C)C(=O)OCCC(=O)OC1CSCCCO1. The van der Waals surface area contributed by atoms with E-state index in [4.69, 9.17) is 14.2 Å². The van der Waals surface area contributed by atoms with Crippen LogP contribution in [0.25, 0.3) is 0 Å². The molecule has 0 bridgehead atoms. The van der Waals surface area contributed by atoms with Crippen LogP contribution in [0.3, 0.4) is 0 Å². The summed E-state index contributed by atoms with van der Waals surface area (Å²) in [6.07, 6.45) is 0.514.